The Morgan fingerprint density at radius 1 is 0.828 bits per heavy atom. The molecule has 1 aliphatic rings. The van der Waals surface area contributed by atoms with Crippen LogP contribution in [0.3, 0.4) is 0 Å². The highest BCUT2D eigenvalue weighted by Crippen LogP contribution is 2.38. The standard InChI is InChI=1S/C24H24N4S/c1-17-22(29-24(25-17)28-15-9-4-10-16-28)23-26-20(18-11-5-2-6-12-18)21(27-23)19-13-7-3-8-14-19/h2-3,5-8,11-14H,4,9-10,15-16H2,1H3,(H,26,27). The van der Waals surface area contributed by atoms with Crippen molar-refractivity contribution in [3.8, 4) is 33.2 Å². The molecule has 3 heterocycles. The van der Waals surface area contributed by atoms with Crippen molar-refractivity contribution in [2.24, 2.45) is 0 Å². The maximum atomic E-state index is 5.04. The van der Waals surface area contributed by atoms with Crippen LogP contribution in [0.1, 0.15) is 25.0 Å². The molecule has 0 bridgehead atoms. The Morgan fingerprint density at radius 2 is 1.48 bits per heavy atom. The van der Waals surface area contributed by atoms with E-state index in [-0.39, 0.29) is 0 Å². The molecule has 5 heteroatoms. The van der Waals surface area contributed by atoms with Crippen LogP contribution in [0.15, 0.2) is 60.7 Å². The molecule has 1 aliphatic heterocycles. The maximum absolute atomic E-state index is 5.04. The fraction of sp³-hybridized carbons (Fsp3) is 0.250. The maximum Gasteiger partial charge on any atom is 0.186 e. The molecule has 29 heavy (non-hydrogen) atoms. The number of anilines is 1. The van der Waals surface area contributed by atoms with Crippen molar-refractivity contribution in [1.29, 1.82) is 0 Å². The summed E-state index contributed by atoms with van der Waals surface area (Å²) in [6.45, 7) is 4.30. The second-order valence-electron chi connectivity index (χ2n) is 7.50. The van der Waals surface area contributed by atoms with Gasteiger partial charge in [0, 0.05) is 24.2 Å². The highest BCUT2D eigenvalue weighted by molar-refractivity contribution is 7.19. The first-order chi connectivity index (χ1) is 14.3. The van der Waals surface area contributed by atoms with E-state index in [1.54, 1.807) is 11.3 Å². The lowest BCUT2D eigenvalue weighted by Crippen LogP contribution is -2.29. The van der Waals surface area contributed by atoms with Gasteiger partial charge in [0.15, 0.2) is 11.0 Å². The van der Waals surface area contributed by atoms with E-state index in [0.717, 1.165) is 57.1 Å². The molecule has 0 aliphatic carbocycles. The van der Waals surface area contributed by atoms with Gasteiger partial charge in [0.25, 0.3) is 0 Å². The summed E-state index contributed by atoms with van der Waals surface area (Å²) in [5, 5.41) is 1.12. The first-order valence-corrected chi connectivity index (χ1v) is 11.0. The molecule has 0 amide bonds. The summed E-state index contributed by atoms with van der Waals surface area (Å²) in [6.07, 6.45) is 3.84. The molecule has 2 aromatic carbocycles. The van der Waals surface area contributed by atoms with E-state index in [1.807, 2.05) is 12.1 Å². The number of H-pyrrole nitrogens is 1. The van der Waals surface area contributed by atoms with E-state index >= 15 is 0 Å². The van der Waals surface area contributed by atoms with Gasteiger partial charge in [-0.2, -0.15) is 0 Å². The Hall–Kier alpha value is -2.92. The smallest absolute Gasteiger partial charge is 0.186 e. The highest BCUT2D eigenvalue weighted by atomic mass is 32.1. The number of nitrogens with zero attached hydrogens (tertiary/aromatic N) is 3. The fourth-order valence-electron chi connectivity index (χ4n) is 3.92. The molecule has 4 nitrogen and oxygen atoms in total. The minimum atomic E-state index is 0.904. The van der Waals surface area contributed by atoms with Crippen molar-refractivity contribution in [3.05, 3.63) is 66.4 Å². The minimum absolute atomic E-state index is 0.904. The SMILES string of the molecule is Cc1nc(N2CCCCC2)sc1-c1nc(-c2ccccc2)c(-c2ccccc2)[nH]1. The predicted octanol–water partition coefficient (Wildman–Crippen LogP) is 6.17. The molecular weight excluding hydrogens is 376 g/mol. The number of nitrogens with one attached hydrogen (secondary N) is 1. The number of rotatable bonds is 4. The molecule has 5 rings (SSSR count). The second kappa shape index (κ2) is 7.84. The van der Waals surface area contributed by atoms with Crippen LogP contribution in [0.25, 0.3) is 33.2 Å². The Kier molecular flexibility index (Phi) is 4.90. The van der Waals surface area contributed by atoms with Crippen LogP contribution in [0.5, 0.6) is 0 Å². The monoisotopic (exact) mass is 400 g/mol. The first kappa shape index (κ1) is 18.1. The van der Waals surface area contributed by atoms with Crippen LogP contribution in [0.4, 0.5) is 5.13 Å². The topological polar surface area (TPSA) is 44.8 Å². The van der Waals surface area contributed by atoms with E-state index in [2.05, 4.69) is 65.3 Å². The summed E-state index contributed by atoms with van der Waals surface area (Å²) < 4.78 is 0. The van der Waals surface area contributed by atoms with E-state index < -0.39 is 0 Å². The summed E-state index contributed by atoms with van der Waals surface area (Å²) in [6, 6.07) is 20.8. The van der Waals surface area contributed by atoms with Gasteiger partial charge in [-0.1, -0.05) is 72.0 Å². The normalized spacial score (nSPS) is 14.3. The molecule has 0 saturated carbocycles. The van der Waals surface area contributed by atoms with Gasteiger partial charge >= 0.3 is 0 Å². The number of imidazole rings is 1. The van der Waals surface area contributed by atoms with Crippen molar-refractivity contribution >= 4 is 16.5 Å². The van der Waals surface area contributed by atoms with Crippen LogP contribution < -0.4 is 4.90 Å². The van der Waals surface area contributed by atoms with Crippen LogP contribution >= 0.6 is 11.3 Å². The molecule has 0 spiro atoms. The molecule has 0 unspecified atom stereocenters. The number of piperidine rings is 1. The average Bonchev–Trinajstić information content (AvgIpc) is 3.39. The zero-order valence-corrected chi connectivity index (χ0v) is 17.4. The number of aryl methyl sites for hydroxylation is 1. The van der Waals surface area contributed by atoms with Crippen LogP contribution in [-0.2, 0) is 0 Å². The van der Waals surface area contributed by atoms with Crippen molar-refractivity contribution in [2.75, 3.05) is 18.0 Å². The Morgan fingerprint density at radius 3 is 2.17 bits per heavy atom. The number of benzene rings is 2. The molecule has 0 atom stereocenters. The van der Waals surface area contributed by atoms with E-state index in [4.69, 9.17) is 9.97 Å². The zero-order chi connectivity index (χ0) is 19.6. The third-order valence-electron chi connectivity index (χ3n) is 5.44. The van der Waals surface area contributed by atoms with Crippen LogP contribution in [0, 0.1) is 6.92 Å². The number of thiazole rings is 1. The van der Waals surface area contributed by atoms with Gasteiger partial charge in [-0.15, -0.1) is 0 Å². The lowest BCUT2D eigenvalue weighted by atomic mass is 10.1. The number of hydrogen-bond donors (Lipinski definition) is 1. The Bertz CT molecular complexity index is 1040. The van der Waals surface area contributed by atoms with E-state index in [1.165, 1.54) is 19.3 Å². The van der Waals surface area contributed by atoms with Crippen molar-refractivity contribution in [2.45, 2.75) is 26.2 Å². The molecule has 1 N–H and O–H groups in total. The Labute approximate surface area is 175 Å². The summed E-state index contributed by atoms with van der Waals surface area (Å²) in [5.74, 6) is 0.904. The molecule has 0 radical (unpaired) electrons. The molecule has 2 aromatic heterocycles. The van der Waals surface area contributed by atoms with Gasteiger partial charge in [0.05, 0.1) is 22.0 Å². The number of aromatic amines is 1. The first-order valence-electron chi connectivity index (χ1n) is 10.2. The van der Waals surface area contributed by atoms with Gasteiger partial charge in [-0.25, -0.2) is 9.97 Å². The van der Waals surface area contributed by atoms with Crippen LogP contribution in [0.2, 0.25) is 0 Å². The lowest BCUT2D eigenvalue weighted by Gasteiger charge is -2.25. The quantitative estimate of drug-likeness (QED) is 0.446. The minimum Gasteiger partial charge on any atom is -0.348 e. The number of hydrogen-bond acceptors (Lipinski definition) is 4. The fourth-order valence-corrected chi connectivity index (χ4v) is 4.99. The Balaban J connectivity index is 1.60. The summed E-state index contributed by atoms with van der Waals surface area (Å²) in [5.41, 5.74) is 5.34. The van der Waals surface area contributed by atoms with E-state index in [0.29, 0.717) is 0 Å². The molecule has 1 saturated heterocycles. The summed E-state index contributed by atoms with van der Waals surface area (Å²) in [7, 11) is 0. The third kappa shape index (κ3) is 3.58. The third-order valence-corrected chi connectivity index (χ3v) is 6.67. The summed E-state index contributed by atoms with van der Waals surface area (Å²) in [4.78, 5) is 17.1. The lowest BCUT2D eigenvalue weighted by molar-refractivity contribution is 0.576. The van der Waals surface area contributed by atoms with Crippen molar-refractivity contribution in [1.82, 2.24) is 15.0 Å². The van der Waals surface area contributed by atoms with Crippen LogP contribution in [-0.4, -0.2) is 28.0 Å². The molecular formula is C24H24N4S. The van der Waals surface area contributed by atoms with E-state index in [9.17, 15) is 0 Å². The predicted molar refractivity (Wildman–Crippen MR) is 121 cm³/mol. The largest absolute Gasteiger partial charge is 0.348 e. The van der Waals surface area contributed by atoms with Gasteiger partial charge in [0.2, 0.25) is 0 Å². The molecule has 4 aromatic rings. The van der Waals surface area contributed by atoms with Gasteiger partial charge in [-0.3, -0.25) is 0 Å². The number of aromatic nitrogens is 3. The average molecular weight is 401 g/mol. The van der Waals surface area contributed by atoms with Gasteiger partial charge < -0.3 is 9.88 Å². The molecule has 146 valence electrons. The second-order valence-corrected chi connectivity index (χ2v) is 8.48. The molecule has 1 fully saturated rings. The van der Waals surface area contributed by atoms with Gasteiger partial charge in [0.1, 0.15) is 0 Å². The summed E-state index contributed by atoms with van der Waals surface area (Å²) >= 11 is 1.75. The zero-order valence-electron chi connectivity index (χ0n) is 16.6. The van der Waals surface area contributed by atoms with Gasteiger partial charge in [-0.05, 0) is 26.2 Å². The highest BCUT2D eigenvalue weighted by Gasteiger charge is 2.21. The van der Waals surface area contributed by atoms with Crippen molar-refractivity contribution < 1.29 is 0 Å². The van der Waals surface area contributed by atoms with Crippen molar-refractivity contribution in [3.63, 3.8) is 0 Å².